The van der Waals surface area contributed by atoms with Crippen molar-refractivity contribution in [2.45, 2.75) is 26.4 Å². The van der Waals surface area contributed by atoms with Crippen molar-refractivity contribution in [1.29, 1.82) is 0 Å². The van der Waals surface area contributed by atoms with E-state index in [1.54, 1.807) is 21.9 Å². The van der Waals surface area contributed by atoms with Crippen LogP contribution in [0.5, 0.6) is 0 Å². The van der Waals surface area contributed by atoms with Gasteiger partial charge in [-0.15, -0.1) is 10.2 Å². The van der Waals surface area contributed by atoms with Gasteiger partial charge in [-0.25, -0.2) is 0 Å². The number of piperazine rings is 1. The maximum Gasteiger partial charge on any atom is 0.306 e. The Kier molecular flexibility index (Phi) is 5.84. The number of aromatic nitrogens is 2. The van der Waals surface area contributed by atoms with Crippen LogP contribution in [0, 0.1) is 0 Å². The molecular formula is C17H20N4O6. The van der Waals surface area contributed by atoms with Gasteiger partial charge >= 0.3 is 5.97 Å². The highest BCUT2D eigenvalue weighted by Gasteiger charge is 2.23. The molecule has 0 saturated carbocycles. The van der Waals surface area contributed by atoms with Gasteiger partial charge < -0.3 is 23.4 Å². The van der Waals surface area contributed by atoms with E-state index in [2.05, 4.69) is 10.2 Å². The first-order valence-corrected chi connectivity index (χ1v) is 8.58. The summed E-state index contributed by atoms with van der Waals surface area (Å²) in [5.74, 6) is 0.112. The van der Waals surface area contributed by atoms with E-state index < -0.39 is 5.97 Å². The molecule has 1 aliphatic rings. The van der Waals surface area contributed by atoms with E-state index in [9.17, 15) is 14.4 Å². The summed E-state index contributed by atoms with van der Waals surface area (Å²) in [4.78, 5) is 38.6. The molecule has 0 unspecified atom stereocenters. The number of carbonyl (C=O) groups excluding carboxylic acids is 3. The van der Waals surface area contributed by atoms with Gasteiger partial charge in [0.05, 0.1) is 12.7 Å². The van der Waals surface area contributed by atoms with Crippen molar-refractivity contribution < 1.29 is 28.0 Å². The van der Waals surface area contributed by atoms with Crippen LogP contribution in [-0.2, 0) is 25.7 Å². The van der Waals surface area contributed by atoms with Crippen LogP contribution in [0.25, 0.3) is 11.7 Å². The van der Waals surface area contributed by atoms with Gasteiger partial charge in [-0.1, -0.05) is 0 Å². The fraction of sp³-hybridized carbons (Fsp3) is 0.471. The van der Waals surface area contributed by atoms with E-state index in [4.69, 9.17) is 13.6 Å². The molecule has 2 amide bonds. The first-order valence-electron chi connectivity index (χ1n) is 8.58. The van der Waals surface area contributed by atoms with Crippen molar-refractivity contribution in [2.24, 2.45) is 0 Å². The Balaban J connectivity index is 1.37. The zero-order valence-corrected chi connectivity index (χ0v) is 14.9. The third kappa shape index (κ3) is 4.93. The van der Waals surface area contributed by atoms with Gasteiger partial charge in [0.1, 0.15) is 0 Å². The zero-order chi connectivity index (χ0) is 19.2. The average Bonchev–Trinajstić information content (AvgIpc) is 3.35. The third-order valence-corrected chi connectivity index (χ3v) is 4.18. The fourth-order valence-corrected chi connectivity index (χ4v) is 2.66. The monoisotopic (exact) mass is 376 g/mol. The first-order chi connectivity index (χ1) is 13.0. The minimum Gasteiger partial charge on any atom is -0.459 e. The molecule has 27 heavy (non-hydrogen) atoms. The fourth-order valence-electron chi connectivity index (χ4n) is 2.66. The molecule has 0 N–H and O–H groups in total. The number of ether oxygens (including phenoxy) is 1. The molecule has 1 saturated heterocycles. The first kappa shape index (κ1) is 18.6. The molecule has 0 radical (unpaired) electrons. The molecule has 0 bridgehead atoms. The number of carbonyl (C=O) groups is 3. The van der Waals surface area contributed by atoms with Gasteiger partial charge in [0.15, 0.2) is 12.4 Å². The van der Waals surface area contributed by atoms with Crippen LogP contribution in [-0.4, -0.2) is 64.0 Å². The highest BCUT2D eigenvalue weighted by molar-refractivity contribution is 5.81. The summed E-state index contributed by atoms with van der Waals surface area (Å²) >= 11 is 0. The normalized spacial score (nSPS) is 14.3. The van der Waals surface area contributed by atoms with E-state index >= 15 is 0 Å². The predicted octanol–water partition coefficient (Wildman–Crippen LogP) is 0.844. The second kappa shape index (κ2) is 8.47. The Bertz CT molecular complexity index is 792. The van der Waals surface area contributed by atoms with Crippen LogP contribution >= 0.6 is 0 Å². The van der Waals surface area contributed by atoms with Gasteiger partial charge in [-0.05, 0) is 12.1 Å². The minimum absolute atomic E-state index is 0.00177. The number of furan rings is 1. The maximum absolute atomic E-state index is 12.2. The molecular weight excluding hydrogens is 356 g/mol. The van der Waals surface area contributed by atoms with E-state index in [-0.39, 0.29) is 43.0 Å². The largest absolute Gasteiger partial charge is 0.459 e. The van der Waals surface area contributed by atoms with Crippen LogP contribution in [0.3, 0.4) is 0 Å². The van der Waals surface area contributed by atoms with Gasteiger partial charge in [0, 0.05) is 39.5 Å². The minimum atomic E-state index is -0.525. The molecule has 0 aliphatic carbocycles. The van der Waals surface area contributed by atoms with Crippen molar-refractivity contribution in [3.05, 3.63) is 24.3 Å². The number of rotatable bonds is 6. The van der Waals surface area contributed by atoms with Crippen molar-refractivity contribution in [1.82, 2.24) is 20.0 Å². The molecule has 2 aromatic rings. The maximum atomic E-state index is 12.2. The number of esters is 1. The Morgan fingerprint density at radius 2 is 1.85 bits per heavy atom. The second-order valence-electron chi connectivity index (χ2n) is 6.03. The summed E-state index contributed by atoms with van der Waals surface area (Å²) in [6, 6.07) is 3.36. The van der Waals surface area contributed by atoms with Crippen molar-refractivity contribution in [2.75, 3.05) is 26.2 Å². The molecule has 1 aliphatic heterocycles. The quantitative estimate of drug-likeness (QED) is 0.681. The molecule has 0 spiro atoms. The molecule has 0 aromatic carbocycles. The molecule has 0 atom stereocenters. The number of nitrogens with zero attached hydrogens (tertiary/aromatic N) is 4. The lowest BCUT2D eigenvalue weighted by Crippen LogP contribution is -2.50. The Hall–Kier alpha value is -3.17. The van der Waals surface area contributed by atoms with E-state index in [0.717, 1.165) is 0 Å². The van der Waals surface area contributed by atoms with Crippen LogP contribution in [0.1, 0.15) is 25.7 Å². The van der Waals surface area contributed by atoms with Gasteiger partial charge in [0.2, 0.25) is 11.8 Å². The summed E-state index contributed by atoms with van der Waals surface area (Å²) in [7, 11) is 0. The Labute approximate surface area is 155 Å². The Morgan fingerprint density at radius 1 is 1.11 bits per heavy atom. The van der Waals surface area contributed by atoms with Crippen LogP contribution in [0.15, 0.2) is 27.2 Å². The van der Waals surface area contributed by atoms with Crippen molar-refractivity contribution in [3.63, 3.8) is 0 Å². The van der Waals surface area contributed by atoms with Gasteiger partial charge in [-0.3, -0.25) is 14.4 Å². The van der Waals surface area contributed by atoms with Crippen molar-refractivity contribution >= 4 is 17.8 Å². The molecule has 10 nitrogen and oxygen atoms in total. The molecule has 10 heteroatoms. The topological polar surface area (TPSA) is 119 Å². The number of hydrogen-bond acceptors (Lipinski definition) is 8. The summed E-state index contributed by atoms with van der Waals surface area (Å²) in [5.41, 5.74) is 0. The van der Waals surface area contributed by atoms with Crippen molar-refractivity contribution in [3.8, 4) is 11.7 Å². The lowest BCUT2D eigenvalue weighted by molar-refractivity contribution is -0.148. The smallest absolute Gasteiger partial charge is 0.306 e. The van der Waals surface area contributed by atoms with Crippen LogP contribution in [0.2, 0.25) is 0 Å². The lowest BCUT2D eigenvalue weighted by Gasteiger charge is -2.34. The number of amides is 2. The van der Waals surface area contributed by atoms with Crippen LogP contribution in [0.4, 0.5) is 0 Å². The van der Waals surface area contributed by atoms with E-state index in [1.165, 1.54) is 13.2 Å². The zero-order valence-electron chi connectivity index (χ0n) is 14.9. The number of hydrogen-bond donors (Lipinski definition) is 0. The highest BCUT2D eigenvalue weighted by Crippen LogP contribution is 2.18. The Morgan fingerprint density at radius 3 is 2.52 bits per heavy atom. The predicted molar refractivity (Wildman–Crippen MR) is 89.9 cm³/mol. The molecule has 3 heterocycles. The average molecular weight is 376 g/mol. The molecule has 1 fully saturated rings. The SMILES string of the molecule is CC(=O)N1CCN(C(=O)CCC(=O)OCc2nnc(-c3ccco3)o2)CC1. The standard InChI is InChI=1S/C17H20N4O6/c1-12(22)20-6-8-21(9-7-20)15(23)4-5-16(24)26-11-14-18-19-17(27-14)13-3-2-10-25-13/h2-3,10H,4-9,11H2,1H3. The summed E-state index contributed by atoms with van der Waals surface area (Å²) in [5, 5.41) is 7.57. The summed E-state index contributed by atoms with van der Waals surface area (Å²) in [6.07, 6.45) is 1.50. The van der Waals surface area contributed by atoms with Gasteiger partial charge in [-0.2, -0.15) is 0 Å². The summed E-state index contributed by atoms with van der Waals surface area (Å²) < 4.78 is 15.5. The van der Waals surface area contributed by atoms with E-state index in [1.807, 2.05) is 0 Å². The lowest BCUT2D eigenvalue weighted by atomic mass is 10.2. The molecule has 3 rings (SSSR count). The van der Waals surface area contributed by atoms with Gasteiger partial charge in [0.25, 0.3) is 11.8 Å². The summed E-state index contributed by atoms with van der Waals surface area (Å²) in [6.45, 7) is 3.32. The molecule has 2 aromatic heterocycles. The second-order valence-corrected chi connectivity index (χ2v) is 6.03. The van der Waals surface area contributed by atoms with E-state index in [0.29, 0.717) is 31.9 Å². The molecule has 144 valence electrons. The third-order valence-electron chi connectivity index (χ3n) is 4.18. The highest BCUT2D eigenvalue weighted by atomic mass is 16.5. The van der Waals surface area contributed by atoms with Crippen LogP contribution < -0.4 is 0 Å².